The zero-order valence-electron chi connectivity index (χ0n) is 11.4. The van der Waals surface area contributed by atoms with Crippen LogP contribution in [0.1, 0.15) is 27.2 Å². The van der Waals surface area contributed by atoms with Crippen LogP contribution in [0, 0.1) is 0 Å². The summed E-state index contributed by atoms with van der Waals surface area (Å²) >= 11 is 0. The maximum atomic E-state index is 12.3. The van der Waals surface area contributed by atoms with E-state index in [0.717, 1.165) is 6.42 Å². The highest BCUT2D eigenvalue weighted by atomic mass is 16.5. The third-order valence-electron chi connectivity index (χ3n) is 3.31. The Bertz CT molecular complexity index is 319. The summed E-state index contributed by atoms with van der Waals surface area (Å²) in [4.78, 5) is 26.0. The summed E-state index contributed by atoms with van der Waals surface area (Å²) in [6.07, 6.45) is 0.792. The molecule has 1 aliphatic rings. The zero-order valence-corrected chi connectivity index (χ0v) is 11.4. The van der Waals surface area contributed by atoms with Crippen molar-refractivity contribution in [3.63, 3.8) is 0 Å². The molecular formula is C12H22N2O4. The molecule has 0 aliphatic carbocycles. The molecule has 0 bridgehead atoms. The monoisotopic (exact) mass is 258 g/mol. The van der Waals surface area contributed by atoms with E-state index in [4.69, 9.17) is 9.84 Å². The molecule has 18 heavy (non-hydrogen) atoms. The highest BCUT2D eigenvalue weighted by Crippen LogP contribution is 2.19. The van der Waals surface area contributed by atoms with Gasteiger partial charge in [-0.3, -0.25) is 4.79 Å². The molecule has 0 spiro atoms. The number of likely N-dealkylation sites (N-methyl/N-ethyl adjacent to an activating group) is 1. The molecule has 6 nitrogen and oxygen atoms in total. The number of hydrogen-bond acceptors (Lipinski definition) is 3. The van der Waals surface area contributed by atoms with Crippen molar-refractivity contribution in [2.75, 3.05) is 20.2 Å². The van der Waals surface area contributed by atoms with E-state index in [9.17, 15) is 9.59 Å². The highest BCUT2D eigenvalue weighted by Gasteiger charge is 2.33. The molecule has 1 aliphatic heterocycles. The predicted molar refractivity (Wildman–Crippen MR) is 66.5 cm³/mol. The first-order valence-corrected chi connectivity index (χ1v) is 6.21. The maximum absolute atomic E-state index is 12.3. The van der Waals surface area contributed by atoms with Gasteiger partial charge in [-0.1, -0.05) is 0 Å². The van der Waals surface area contributed by atoms with Gasteiger partial charge in [-0.05, 0) is 27.2 Å². The third kappa shape index (κ3) is 3.35. The van der Waals surface area contributed by atoms with E-state index < -0.39 is 5.97 Å². The number of nitrogens with zero attached hydrogens (tertiary/aromatic N) is 2. The van der Waals surface area contributed by atoms with Crippen molar-refractivity contribution in [1.29, 1.82) is 0 Å². The molecule has 1 heterocycles. The van der Waals surface area contributed by atoms with Gasteiger partial charge in [-0.2, -0.15) is 0 Å². The molecular weight excluding hydrogens is 236 g/mol. The van der Waals surface area contributed by atoms with Crippen LogP contribution in [-0.2, 0) is 9.53 Å². The summed E-state index contributed by atoms with van der Waals surface area (Å²) in [7, 11) is 1.70. The minimum absolute atomic E-state index is 0.00205. The lowest BCUT2D eigenvalue weighted by atomic mass is 10.1. The van der Waals surface area contributed by atoms with Gasteiger partial charge in [-0.15, -0.1) is 0 Å². The molecule has 104 valence electrons. The second kappa shape index (κ2) is 6.04. The Labute approximate surface area is 107 Å². The lowest BCUT2D eigenvalue weighted by Gasteiger charge is -2.34. The molecule has 2 unspecified atom stereocenters. The Kier molecular flexibility index (Phi) is 4.95. The van der Waals surface area contributed by atoms with Crippen molar-refractivity contribution >= 4 is 12.0 Å². The molecule has 0 aromatic rings. The zero-order chi connectivity index (χ0) is 13.9. The average Bonchev–Trinajstić information content (AvgIpc) is 2.69. The molecule has 1 N–H and O–H groups in total. The van der Waals surface area contributed by atoms with Gasteiger partial charge < -0.3 is 19.6 Å². The Hall–Kier alpha value is -1.30. The van der Waals surface area contributed by atoms with E-state index in [-0.39, 0.29) is 30.8 Å². The average molecular weight is 258 g/mol. The molecule has 0 radical (unpaired) electrons. The Morgan fingerprint density at radius 2 is 2.06 bits per heavy atom. The van der Waals surface area contributed by atoms with E-state index in [1.807, 2.05) is 20.8 Å². The van der Waals surface area contributed by atoms with Gasteiger partial charge in [0.2, 0.25) is 0 Å². The first-order chi connectivity index (χ1) is 8.34. The van der Waals surface area contributed by atoms with E-state index in [0.29, 0.717) is 6.61 Å². The molecule has 2 amide bonds. The first kappa shape index (κ1) is 14.8. The fourth-order valence-corrected chi connectivity index (χ4v) is 2.19. The number of carboxylic acid groups (broad SMARTS) is 1. The summed E-state index contributed by atoms with van der Waals surface area (Å²) in [6.45, 7) is 5.91. The molecule has 2 atom stereocenters. The fraction of sp³-hybridized carbons (Fsp3) is 0.833. The molecule has 0 aromatic heterocycles. The van der Waals surface area contributed by atoms with Crippen molar-refractivity contribution in [3.8, 4) is 0 Å². The second-order valence-corrected chi connectivity index (χ2v) is 4.94. The van der Waals surface area contributed by atoms with Crippen LogP contribution >= 0.6 is 0 Å². The van der Waals surface area contributed by atoms with Crippen molar-refractivity contribution in [1.82, 2.24) is 9.80 Å². The standard InChI is InChI=1S/C12H22N2O4/c1-8(2)14(7-11(15)16)12(17)13(4)10-5-6-18-9(10)3/h8-10H,5-7H2,1-4H3,(H,15,16). The van der Waals surface area contributed by atoms with Crippen LogP contribution in [0.15, 0.2) is 0 Å². The number of carbonyl (C=O) groups is 2. The molecule has 6 heteroatoms. The van der Waals surface area contributed by atoms with Gasteiger partial charge in [0.15, 0.2) is 0 Å². The summed E-state index contributed by atoms with van der Waals surface area (Å²) in [5.41, 5.74) is 0. The summed E-state index contributed by atoms with van der Waals surface area (Å²) in [5.74, 6) is -0.999. The van der Waals surface area contributed by atoms with Gasteiger partial charge in [0, 0.05) is 19.7 Å². The van der Waals surface area contributed by atoms with Crippen LogP contribution in [0.25, 0.3) is 0 Å². The minimum atomic E-state index is -0.999. The molecule has 0 aromatic carbocycles. The predicted octanol–water partition coefficient (Wildman–Crippen LogP) is 1.01. The van der Waals surface area contributed by atoms with Gasteiger partial charge in [-0.25, -0.2) is 4.79 Å². The van der Waals surface area contributed by atoms with Crippen molar-refractivity contribution < 1.29 is 19.4 Å². The summed E-state index contributed by atoms with van der Waals surface area (Å²) in [6, 6.07) is -0.379. The largest absolute Gasteiger partial charge is 0.480 e. The van der Waals surface area contributed by atoms with Crippen LogP contribution in [0.3, 0.4) is 0 Å². The van der Waals surface area contributed by atoms with Crippen LogP contribution in [-0.4, -0.2) is 65.3 Å². The first-order valence-electron chi connectivity index (χ1n) is 6.21. The van der Waals surface area contributed by atoms with E-state index in [1.54, 1.807) is 11.9 Å². The maximum Gasteiger partial charge on any atom is 0.323 e. The van der Waals surface area contributed by atoms with Gasteiger partial charge in [0.1, 0.15) is 6.54 Å². The van der Waals surface area contributed by atoms with Gasteiger partial charge in [0.05, 0.1) is 12.1 Å². The Morgan fingerprint density at radius 3 is 2.44 bits per heavy atom. The lowest BCUT2D eigenvalue weighted by molar-refractivity contribution is -0.138. The van der Waals surface area contributed by atoms with Crippen LogP contribution in [0.2, 0.25) is 0 Å². The van der Waals surface area contributed by atoms with Crippen molar-refractivity contribution in [2.24, 2.45) is 0 Å². The number of urea groups is 1. The van der Waals surface area contributed by atoms with Crippen LogP contribution < -0.4 is 0 Å². The smallest absolute Gasteiger partial charge is 0.323 e. The molecule has 1 saturated heterocycles. The highest BCUT2D eigenvalue weighted by molar-refractivity contribution is 5.80. The summed E-state index contributed by atoms with van der Waals surface area (Å²) < 4.78 is 5.43. The number of ether oxygens (including phenoxy) is 1. The fourth-order valence-electron chi connectivity index (χ4n) is 2.19. The van der Waals surface area contributed by atoms with Crippen molar-refractivity contribution in [3.05, 3.63) is 0 Å². The Morgan fingerprint density at radius 1 is 1.44 bits per heavy atom. The second-order valence-electron chi connectivity index (χ2n) is 4.94. The topological polar surface area (TPSA) is 70.1 Å². The number of carbonyl (C=O) groups excluding carboxylic acids is 1. The Balaban J connectivity index is 2.72. The molecule has 1 rings (SSSR count). The van der Waals surface area contributed by atoms with Crippen molar-refractivity contribution in [2.45, 2.75) is 45.4 Å². The SMILES string of the molecule is CC1OCCC1N(C)C(=O)N(CC(=O)O)C(C)C. The summed E-state index contributed by atoms with van der Waals surface area (Å²) in [5, 5.41) is 8.84. The van der Waals surface area contributed by atoms with Gasteiger partial charge in [0.25, 0.3) is 0 Å². The van der Waals surface area contributed by atoms with E-state index in [1.165, 1.54) is 4.90 Å². The third-order valence-corrected chi connectivity index (χ3v) is 3.31. The number of hydrogen-bond donors (Lipinski definition) is 1. The number of amides is 2. The number of rotatable bonds is 4. The normalized spacial score (nSPS) is 23.2. The van der Waals surface area contributed by atoms with E-state index in [2.05, 4.69) is 0 Å². The molecule has 1 fully saturated rings. The number of aliphatic carboxylic acids is 1. The quantitative estimate of drug-likeness (QED) is 0.817. The minimum Gasteiger partial charge on any atom is -0.480 e. The van der Waals surface area contributed by atoms with Gasteiger partial charge >= 0.3 is 12.0 Å². The molecule has 0 saturated carbocycles. The lowest BCUT2D eigenvalue weighted by Crippen LogP contribution is -2.51. The van der Waals surface area contributed by atoms with E-state index >= 15 is 0 Å². The van der Waals surface area contributed by atoms with Crippen LogP contribution in [0.4, 0.5) is 4.79 Å². The van der Waals surface area contributed by atoms with Crippen LogP contribution in [0.5, 0.6) is 0 Å². The number of carboxylic acids is 1.